The number of allylic oxidation sites excluding steroid dienone is 4. The Balaban J connectivity index is -0.000000116. The van der Waals surface area contributed by atoms with Crippen LogP contribution in [0.25, 0.3) is 0 Å². The third-order valence-corrected chi connectivity index (χ3v) is 0.586. The Labute approximate surface area is 102 Å². The third-order valence-electron chi connectivity index (χ3n) is 0.586. The van der Waals surface area contributed by atoms with E-state index in [4.69, 9.17) is 4.80 Å². The second-order valence-corrected chi connectivity index (χ2v) is 7.52. The third kappa shape index (κ3) is 30.8. The molecule has 0 atom stereocenters. The van der Waals surface area contributed by atoms with E-state index in [9.17, 15) is 0 Å². The molecule has 0 aromatic rings. The number of hydrogen-bond acceptors (Lipinski definition) is 1. The topological polar surface area (TPSA) is 20.2 Å². The van der Waals surface area contributed by atoms with Crippen molar-refractivity contribution < 1.29 is 31.0 Å². The molecule has 1 aliphatic rings. The first-order valence-corrected chi connectivity index (χ1v) is 6.89. The smallest absolute Gasteiger partial charge is 0.179 e. The molecule has 0 saturated heterocycles. The van der Waals surface area contributed by atoms with E-state index in [0.29, 0.717) is 0 Å². The van der Waals surface area contributed by atoms with Crippen LogP contribution < -0.4 is 0 Å². The van der Waals surface area contributed by atoms with Gasteiger partial charge in [-0.3, -0.25) is 6.08 Å². The summed E-state index contributed by atoms with van der Waals surface area (Å²) in [6.07, 6.45) is 10.0. The van der Waals surface area contributed by atoms with Crippen LogP contribution in [0.1, 0.15) is 6.42 Å². The molecule has 1 nitrogen and oxygen atoms in total. The van der Waals surface area contributed by atoms with Gasteiger partial charge in [0.15, 0.2) is 8.32 Å². The van der Waals surface area contributed by atoms with E-state index >= 15 is 0 Å². The van der Waals surface area contributed by atoms with Gasteiger partial charge in [-0.1, -0.05) is 0 Å². The average Bonchev–Trinajstić information content (AvgIpc) is 2.07. The summed E-state index contributed by atoms with van der Waals surface area (Å²) in [5.74, 6) is 0. The second kappa shape index (κ2) is 9.91. The quantitative estimate of drug-likeness (QED) is 0.535. The summed E-state index contributed by atoms with van der Waals surface area (Å²) in [7, 11) is -1.61. The van der Waals surface area contributed by atoms with Crippen LogP contribution in [0.3, 0.4) is 0 Å². The zero-order valence-electron chi connectivity index (χ0n) is 7.79. The molecule has 0 amide bonds. The van der Waals surface area contributed by atoms with Crippen LogP contribution in [-0.4, -0.2) is 13.1 Å². The maximum atomic E-state index is 8.66. The van der Waals surface area contributed by atoms with E-state index in [2.05, 4.69) is 12.2 Å². The molecular formula is C8H16ClOSiZr-. The molecule has 0 spiro atoms. The Bertz CT molecular complexity index is 124. The molecule has 0 heterocycles. The SMILES string of the molecule is C[Si](C)(C)O.Cl.[C-]1=CC=CC1.[Zr]. The van der Waals surface area contributed by atoms with Gasteiger partial charge in [-0.15, -0.1) is 18.8 Å². The largest absolute Gasteiger partial charge is 0.433 e. The minimum absolute atomic E-state index is 0. The van der Waals surface area contributed by atoms with Gasteiger partial charge in [0.25, 0.3) is 0 Å². The van der Waals surface area contributed by atoms with Crippen molar-refractivity contribution >= 4 is 20.7 Å². The van der Waals surface area contributed by atoms with Gasteiger partial charge < -0.3 is 4.80 Å². The van der Waals surface area contributed by atoms with Crippen molar-refractivity contribution in [2.45, 2.75) is 26.1 Å². The fourth-order valence-electron chi connectivity index (χ4n) is 0.340. The van der Waals surface area contributed by atoms with E-state index in [1.807, 2.05) is 31.8 Å². The van der Waals surface area contributed by atoms with Crippen LogP contribution in [0.5, 0.6) is 0 Å². The normalized spacial score (nSPS) is 12.3. The van der Waals surface area contributed by atoms with Crippen LogP contribution in [0.15, 0.2) is 18.2 Å². The first-order chi connectivity index (χ1) is 4.50. The molecule has 1 aliphatic carbocycles. The molecule has 0 aliphatic heterocycles. The summed E-state index contributed by atoms with van der Waals surface area (Å²) < 4.78 is 0. The molecular weight excluding hydrogens is 267 g/mol. The van der Waals surface area contributed by atoms with Crippen LogP contribution in [0, 0.1) is 6.08 Å². The van der Waals surface area contributed by atoms with Crippen molar-refractivity contribution in [3.63, 3.8) is 0 Å². The van der Waals surface area contributed by atoms with Crippen LogP contribution in [0.2, 0.25) is 19.6 Å². The van der Waals surface area contributed by atoms with Gasteiger partial charge in [-0.2, -0.15) is 6.08 Å². The first-order valence-electron chi connectivity index (χ1n) is 3.44. The monoisotopic (exact) mass is 281 g/mol. The molecule has 0 bridgehead atoms. The number of halogens is 1. The zero-order valence-corrected chi connectivity index (χ0v) is 12.1. The molecule has 0 fully saturated rings. The van der Waals surface area contributed by atoms with Gasteiger partial charge in [0.05, 0.1) is 0 Å². The van der Waals surface area contributed by atoms with E-state index in [1.165, 1.54) is 0 Å². The molecule has 0 aromatic carbocycles. The Kier molecular flexibility index (Phi) is 15.4. The van der Waals surface area contributed by atoms with Gasteiger partial charge in [0.2, 0.25) is 0 Å². The van der Waals surface area contributed by atoms with Gasteiger partial charge in [0, 0.05) is 26.2 Å². The second-order valence-electron chi connectivity index (χ2n) is 3.17. The Morgan fingerprint density at radius 1 is 1.33 bits per heavy atom. The predicted molar refractivity (Wildman–Crippen MR) is 54.4 cm³/mol. The maximum absolute atomic E-state index is 8.66. The fraction of sp³-hybridized carbons (Fsp3) is 0.500. The van der Waals surface area contributed by atoms with Crippen LogP contribution in [0.4, 0.5) is 0 Å². The van der Waals surface area contributed by atoms with E-state index < -0.39 is 8.32 Å². The summed E-state index contributed by atoms with van der Waals surface area (Å²) >= 11 is 0. The van der Waals surface area contributed by atoms with E-state index in [1.54, 1.807) is 0 Å². The summed E-state index contributed by atoms with van der Waals surface area (Å²) in [6.45, 7) is 5.65. The molecule has 4 heteroatoms. The maximum Gasteiger partial charge on any atom is 0.179 e. The van der Waals surface area contributed by atoms with Gasteiger partial charge in [-0.25, -0.2) is 12.2 Å². The molecule has 0 radical (unpaired) electrons. The fourth-order valence-corrected chi connectivity index (χ4v) is 0.340. The molecule has 1 rings (SSSR count). The average molecular weight is 283 g/mol. The minimum atomic E-state index is -1.61. The molecule has 70 valence electrons. The molecule has 0 aromatic heterocycles. The number of rotatable bonds is 0. The Morgan fingerprint density at radius 2 is 1.75 bits per heavy atom. The summed E-state index contributed by atoms with van der Waals surface area (Å²) in [4.78, 5) is 8.66. The summed E-state index contributed by atoms with van der Waals surface area (Å²) in [5, 5.41) is 0. The van der Waals surface area contributed by atoms with Crippen molar-refractivity contribution in [2.24, 2.45) is 0 Å². The molecule has 1 N–H and O–H groups in total. The zero-order chi connectivity index (χ0) is 8.04. The Hall–Kier alpha value is 0.830. The molecule has 12 heavy (non-hydrogen) atoms. The first kappa shape index (κ1) is 18.6. The summed E-state index contributed by atoms with van der Waals surface area (Å²) in [6, 6.07) is 0. The van der Waals surface area contributed by atoms with Crippen molar-refractivity contribution in [1.29, 1.82) is 0 Å². The van der Waals surface area contributed by atoms with Crippen molar-refractivity contribution in [1.82, 2.24) is 0 Å². The van der Waals surface area contributed by atoms with E-state index in [-0.39, 0.29) is 38.6 Å². The molecule has 0 unspecified atom stereocenters. The predicted octanol–water partition coefficient (Wildman–Crippen LogP) is 2.54. The number of hydrogen-bond donors (Lipinski definition) is 1. The van der Waals surface area contributed by atoms with Crippen LogP contribution >= 0.6 is 12.4 Å². The van der Waals surface area contributed by atoms with Crippen molar-refractivity contribution in [3.8, 4) is 0 Å². The minimum Gasteiger partial charge on any atom is -0.433 e. The summed E-state index contributed by atoms with van der Waals surface area (Å²) in [5.41, 5.74) is 0. The van der Waals surface area contributed by atoms with Gasteiger partial charge in [0.1, 0.15) is 0 Å². The van der Waals surface area contributed by atoms with Crippen molar-refractivity contribution in [3.05, 3.63) is 24.3 Å². The van der Waals surface area contributed by atoms with Gasteiger partial charge in [-0.05, 0) is 19.6 Å². The van der Waals surface area contributed by atoms with Crippen LogP contribution in [-0.2, 0) is 26.2 Å². The van der Waals surface area contributed by atoms with Crippen molar-refractivity contribution in [2.75, 3.05) is 0 Å². The van der Waals surface area contributed by atoms with E-state index in [0.717, 1.165) is 6.42 Å². The van der Waals surface area contributed by atoms with Gasteiger partial charge >= 0.3 is 0 Å². The molecule has 0 saturated carbocycles. The Morgan fingerprint density at radius 3 is 1.83 bits per heavy atom. The standard InChI is InChI=1S/C5H5.C3H10OSi.ClH.Zr/c1-2-4-5-3-1;1-5(2,3)4;;/h1-3H,4H2;4H,1-3H3;1H;/q-1;;;.